The Morgan fingerprint density at radius 1 is 1.21 bits per heavy atom. The molecule has 2 aliphatic rings. The highest BCUT2D eigenvalue weighted by molar-refractivity contribution is 7.12. The van der Waals surface area contributed by atoms with E-state index in [2.05, 4.69) is 39.8 Å². The van der Waals surface area contributed by atoms with E-state index in [1.165, 1.54) is 4.88 Å². The second-order valence-electron chi connectivity index (χ2n) is 8.68. The molecule has 1 atom stereocenters. The van der Waals surface area contributed by atoms with Crippen LogP contribution in [-0.4, -0.2) is 5.78 Å². The van der Waals surface area contributed by atoms with Crippen molar-refractivity contribution >= 4 is 22.8 Å². The summed E-state index contributed by atoms with van der Waals surface area (Å²) in [5.41, 5.74) is 10.5. The molecule has 0 unspecified atom stereocenters. The van der Waals surface area contributed by atoms with Crippen LogP contribution in [0.1, 0.15) is 47.9 Å². The molecular weight excluding hydrogens is 378 g/mol. The first-order valence-corrected chi connectivity index (χ1v) is 10.6. The lowest BCUT2D eigenvalue weighted by molar-refractivity contribution is -0.118. The van der Waals surface area contributed by atoms with Gasteiger partial charge in [-0.15, -0.1) is 11.3 Å². The first-order valence-electron chi connectivity index (χ1n) is 9.81. The molecule has 5 heteroatoms. The smallest absolute Gasteiger partial charge is 0.162 e. The van der Waals surface area contributed by atoms with Gasteiger partial charge in [0.15, 0.2) is 5.78 Å². The van der Waals surface area contributed by atoms with Gasteiger partial charge in [-0.1, -0.05) is 32.0 Å². The minimum Gasteiger partial charge on any atom is -0.384 e. The van der Waals surface area contributed by atoms with Crippen molar-refractivity contribution in [2.45, 2.75) is 46.5 Å². The summed E-state index contributed by atoms with van der Waals surface area (Å²) in [6.45, 7) is 8.35. The number of anilines is 1. The van der Waals surface area contributed by atoms with Crippen molar-refractivity contribution in [2.24, 2.45) is 11.1 Å². The van der Waals surface area contributed by atoms with E-state index >= 15 is 0 Å². The van der Waals surface area contributed by atoms with Gasteiger partial charge in [0.1, 0.15) is 5.82 Å². The predicted molar refractivity (Wildman–Crippen MR) is 117 cm³/mol. The Labute approximate surface area is 176 Å². The molecule has 148 valence electrons. The summed E-state index contributed by atoms with van der Waals surface area (Å²) in [4.78, 5) is 17.7. The molecule has 0 radical (unpaired) electrons. The summed E-state index contributed by atoms with van der Waals surface area (Å²) in [5, 5.41) is 10.1. The monoisotopic (exact) mass is 403 g/mol. The number of benzene rings is 1. The minimum atomic E-state index is -0.386. The van der Waals surface area contributed by atoms with Gasteiger partial charge in [-0.25, -0.2) is 0 Å². The number of carbonyl (C=O) groups is 1. The largest absolute Gasteiger partial charge is 0.384 e. The normalized spacial score (nSPS) is 21.3. The van der Waals surface area contributed by atoms with Crippen molar-refractivity contribution < 1.29 is 4.79 Å². The van der Waals surface area contributed by atoms with Crippen molar-refractivity contribution in [3.05, 3.63) is 74.4 Å². The van der Waals surface area contributed by atoms with Crippen molar-refractivity contribution in [1.82, 2.24) is 0 Å². The van der Waals surface area contributed by atoms with E-state index in [-0.39, 0.29) is 17.1 Å². The van der Waals surface area contributed by atoms with Gasteiger partial charge in [-0.3, -0.25) is 9.69 Å². The van der Waals surface area contributed by atoms with E-state index in [1.54, 1.807) is 11.3 Å². The van der Waals surface area contributed by atoms with Crippen LogP contribution in [0.2, 0.25) is 0 Å². The number of Topliss-reactive ketones (excluding diaryl/α,β-unsaturated/α-hetero) is 1. The van der Waals surface area contributed by atoms with Crippen LogP contribution in [-0.2, 0) is 4.79 Å². The highest BCUT2D eigenvalue weighted by Gasteiger charge is 2.45. The Morgan fingerprint density at radius 2 is 1.90 bits per heavy atom. The highest BCUT2D eigenvalue weighted by atomic mass is 32.1. The molecule has 0 spiro atoms. The molecule has 1 aliphatic carbocycles. The number of ketones is 1. The van der Waals surface area contributed by atoms with Crippen molar-refractivity contribution in [2.75, 3.05) is 4.90 Å². The van der Waals surface area contributed by atoms with Crippen LogP contribution in [0.4, 0.5) is 5.69 Å². The number of thiophene rings is 1. The molecule has 0 saturated heterocycles. The zero-order valence-electron chi connectivity index (χ0n) is 17.2. The summed E-state index contributed by atoms with van der Waals surface area (Å²) in [6.07, 6.45) is 1.22. The number of rotatable bonds is 2. The Bertz CT molecular complexity index is 1100. The van der Waals surface area contributed by atoms with Crippen LogP contribution < -0.4 is 10.6 Å². The van der Waals surface area contributed by atoms with E-state index < -0.39 is 0 Å². The molecule has 4 rings (SSSR count). The quantitative estimate of drug-likeness (QED) is 0.738. The summed E-state index contributed by atoms with van der Waals surface area (Å²) in [5.74, 6) is 0.158. The third-order valence-electron chi connectivity index (χ3n) is 5.79. The van der Waals surface area contributed by atoms with Crippen LogP contribution in [0.5, 0.6) is 0 Å². The zero-order chi connectivity index (χ0) is 20.9. The molecule has 0 bridgehead atoms. The molecule has 1 aromatic heterocycles. The number of hydrogen-bond donors (Lipinski definition) is 1. The number of allylic oxidation sites excluding steroid dienone is 3. The number of para-hydroxylation sites is 1. The fourth-order valence-corrected chi connectivity index (χ4v) is 5.59. The summed E-state index contributed by atoms with van der Waals surface area (Å²) in [6, 6.07) is 14.2. The van der Waals surface area contributed by atoms with E-state index in [0.717, 1.165) is 33.8 Å². The topological polar surface area (TPSA) is 70.1 Å². The van der Waals surface area contributed by atoms with E-state index in [9.17, 15) is 10.1 Å². The maximum atomic E-state index is 13.4. The average Bonchev–Trinajstić information content (AvgIpc) is 2.98. The van der Waals surface area contributed by atoms with Gasteiger partial charge in [0.25, 0.3) is 0 Å². The first kappa shape index (κ1) is 19.5. The number of aryl methyl sites for hydroxylation is 2. The molecule has 0 saturated carbocycles. The molecule has 2 heterocycles. The van der Waals surface area contributed by atoms with Crippen LogP contribution in [0, 0.1) is 30.6 Å². The molecule has 0 fully saturated rings. The number of carbonyl (C=O) groups excluding carboxylic acids is 1. The Kier molecular flexibility index (Phi) is 4.63. The fraction of sp³-hybridized carbons (Fsp3) is 0.333. The van der Waals surface area contributed by atoms with Gasteiger partial charge in [0.2, 0.25) is 0 Å². The molecule has 2 N–H and O–H groups in total. The zero-order valence-corrected chi connectivity index (χ0v) is 18.1. The molecule has 29 heavy (non-hydrogen) atoms. The number of nitrogens with zero attached hydrogens (tertiary/aromatic N) is 2. The average molecular weight is 404 g/mol. The van der Waals surface area contributed by atoms with Gasteiger partial charge in [0.05, 0.1) is 17.6 Å². The lowest BCUT2D eigenvalue weighted by Crippen LogP contribution is -2.42. The summed E-state index contributed by atoms with van der Waals surface area (Å²) >= 11 is 1.69. The van der Waals surface area contributed by atoms with Gasteiger partial charge in [-0.2, -0.15) is 5.26 Å². The van der Waals surface area contributed by atoms with Gasteiger partial charge < -0.3 is 5.73 Å². The second-order valence-corrected chi connectivity index (χ2v) is 10.1. The lowest BCUT2D eigenvalue weighted by atomic mass is 9.68. The predicted octanol–water partition coefficient (Wildman–Crippen LogP) is 5.31. The van der Waals surface area contributed by atoms with Crippen LogP contribution in [0.25, 0.3) is 0 Å². The molecule has 4 nitrogen and oxygen atoms in total. The first-order chi connectivity index (χ1) is 13.7. The van der Waals surface area contributed by atoms with E-state index in [4.69, 9.17) is 5.73 Å². The third kappa shape index (κ3) is 3.18. The molecule has 1 aliphatic heterocycles. The van der Waals surface area contributed by atoms with E-state index in [1.807, 2.05) is 35.2 Å². The van der Waals surface area contributed by atoms with E-state index in [0.29, 0.717) is 17.8 Å². The minimum absolute atomic E-state index is 0.116. The Hall–Kier alpha value is -2.84. The number of nitrogens with two attached hydrogens (primary N) is 1. The van der Waals surface area contributed by atoms with Gasteiger partial charge >= 0.3 is 0 Å². The number of nitriles is 1. The maximum absolute atomic E-state index is 13.4. The Balaban J connectivity index is 2.02. The standard InChI is InChI=1S/C24H25N3OS/c1-14-10-17(15(2)29-14)21-18(13-25)23(26)27(16-8-6-5-7-9-16)19-11-24(3,4)12-20(28)22(19)21/h5-10,21H,11-12,26H2,1-4H3/t21-/m1/s1. The molecule has 2 aromatic rings. The van der Waals surface area contributed by atoms with Crippen molar-refractivity contribution in [3.8, 4) is 6.07 Å². The highest BCUT2D eigenvalue weighted by Crippen LogP contribution is 2.51. The van der Waals surface area contributed by atoms with Crippen LogP contribution in [0.15, 0.2) is 59.1 Å². The fourth-order valence-electron chi connectivity index (χ4n) is 4.63. The third-order valence-corrected chi connectivity index (χ3v) is 6.77. The van der Waals surface area contributed by atoms with Crippen LogP contribution >= 0.6 is 11.3 Å². The lowest BCUT2D eigenvalue weighted by Gasteiger charge is -2.43. The molecular formula is C24H25N3OS. The molecule has 1 aromatic carbocycles. The summed E-state index contributed by atoms with van der Waals surface area (Å²) < 4.78 is 0. The maximum Gasteiger partial charge on any atom is 0.162 e. The van der Waals surface area contributed by atoms with Crippen molar-refractivity contribution in [1.29, 1.82) is 5.26 Å². The van der Waals surface area contributed by atoms with Crippen LogP contribution in [0.3, 0.4) is 0 Å². The SMILES string of the molecule is Cc1cc([C@@H]2C(C#N)=C(N)N(c3ccccc3)C3=C2C(=O)CC(C)(C)C3)c(C)s1. The molecule has 0 amide bonds. The second kappa shape index (κ2) is 6.89. The summed E-state index contributed by atoms with van der Waals surface area (Å²) in [7, 11) is 0. The number of hydrogen-bond acceptors (Lipinski definition) is 5. The van der Waals surface area contributed by atoms with Crippen molar-refractivity contribution in [3.63, 3.8) is 0 Å². The Morgan fingerprint density at radius 3 is 2.48 bits per heavy atom. The van der Waals surface area contributed by atoms with Gasteiger partial charge in [0, 0.05) is 33.1 Å². The van der Waals surface area contributed by atoms with Gasteiger partial charge in [-0.05, 0) is 49.4 Å².